The fraction of sp³-hybridized carbons (Fsp3) is 0.250. The van der Waals surface area contributed by atoms with E-state index in [1.54, 1.807) is 25.3 Å². The number of aromatic hydroxyl groups is 1. The number of benzene rings is 2. The fourth-order valence-corrected chi connectivity index (χ4v) is 2.28. The summed E-state index contributed by atoms with van der Waals surface area (Å²) in [5.74, 6) is 1.02. The molecule has 0 heterocycles. The number of anilines is 1. The van der Waals surface area contributed by atoms with Crippen molar-refractivity contribution in [2.75, 3.05) is 12.4 Å². The van der Waals surface area contributed by atoms with Gasteiger partial charge in [-0.1, -0.05) is 30.7 Å². The van der Waals surface area contributed by atoms with Crippen LogP contribution in [0.1, 0.15) is 24.9 Å². The van der Waals surface area contributed by atoms with E-state index >= 15 is 0 Å². The first-order valence-corrected chi connectivity index (χ1v) is 6.91. The minimum Gasteiger partial charge on any atom is -0.508 e. The lowest BCUT2D eigenvalue weighted by atomic mass is 10.0. The van der Waals surface area contributed by atoms with E-state index in [1.807, 2.05) is 24.3 Å². The molecule has 4 heteroatoms. The highest BCUT2D eigenvalue weighted by atomic mass is 35.5. The molecule has 106 valence electrons. The van der Waals surface area contributed by atoms with Crippen LogP contribution < -0.4 is 10.1 Å². The summed E-state index contributed by atoms with van der Waals surface area (Å²) in [5.41, 5.74) is 1.97. The predicted octanol–water partition coefficient (Wildman–Crippen LogP) is 4.62. The number of phenols is 1. The Morgan fingerprint density at radius 1 is 1.20 bits per heavy atom. The summed E-state index contributed by atoms with van der Waals surface area (Å²) in [5, 5.41) is 13.5. The zero-order valence-corrected chi connectivity index (χ0v) is 12.3. The average Bonchev–Trinajstić information content (AvgIpc) is 2.46. The lowest BCUT2D eigenvalue weighted by molar-refractivity contribution is 0.416. The van der Waals surface area contributed by atoms with E-state index in [2.05, 4.69) is 12.2 Å². The Morgan fingerprint density at radius 3 is 2.50 bits per heavy atom. The second kappa shape index (κ2) is 6.53. The van der Waals surface area contributed by atoms with Crippen molar-refractivity contribution < 1.29 is 9.84 Å². The summed E-state index contributed by atoms with van der Waals surface area (Å²) in [4.78, 5) is 0. The summed E-state index contributed by atoms with van der Waals surface area (Å²) >= 11 is 6.04. The summed E-state index contributed by atoms with van der Waals surface area (Å²) in [6.07, 6.45) is 0.903. The van der Waals surface area contributed by atoms with Crippen molar-refractivity contribution in [1.82, 2.24) is 0 Å². The molecule has 0 radical (unpaired) electrons. The summed E-state index contributed by atoms with van der Waals surface area (Å²) in [6, 6.07) is 12.8. The monoisotopic (exact) mass is 291 g/mol. The third kappa shape index (κ3) is 3.36. The van der Waals surface area contributed by atoms with E-state index in [9.17, 15) is 5.11 Å². The van der Waals surface area contributed by atoms with Crippen molar-refractivity contribution >= 4 is 17.3 Å². The van der Waals surface area contributed by atoms with Crippen molar-refractivity contribution in [2.24, 2.45) is 0 Å². The van der Waals surface area contributed by atoms with Gasteiger partial charge in [0.15, 0.2) is 0 Å². The van der Waals surface area contributed by atoms with Gasteiger partial charge in [-0.05, 0) is 42.3 Å². The lowest BCUT2D eigenvalue weighted by Crippen LogP contribution is -2.10. The van der Waals surface area contributed by atoms with Gasteiger partial charge in [-0.15, -0.1) is 0 Å². The molecule has 0 saturated carbocycles. The van der Waals surface area contributed by atoms with Crippen LogP contribution in [0.2, 0.25) is 5.02 Å². The number of halogens is 1. The first-order chi connectivity index (χ1) is 9.63. The minimum atomic E-state index is 0.128. The summed E-state index contributed by atoms with van der Waals surface area (Å²) < 4.78 is 5.34. The number of ether oxygens (including phenoxy) is 1. The van der Waals surface area contributed by atoms with Crippen molar-refractivity contribution in [3.63, 3.8) is 0 Å². The molecule has 0 bridgehead atoms. The van der Waals surface area contributed by atoms with Gasteiger partial charge in [-0.3, -0.25) is 0 Å². The fourth-order valence-electron chi connectivity index (χ4n) is 2.11. The standard InChI is InChI=1S/C16H18ClNO2/c1-3-14(11-4-7-13(19)8-5-11)18-15-10-12(17)6-9-16(15)20-2/h4-10,14,18-19H,3H2,1-2H3. The van der Waals surface area contributed by atoms with Gasteiger partial charge in [0.2, 0.25) is 0 Å². The largest absolute Gasteiger partial charge is 0.508 e. The first kappa shape index (κ1) is 14.5. The Labute approximate surface area is 124 Å². The van der Waals surface area contributed by atoms with Crippen molar-refractivity contribution in [3.8, 4) is 11.5 Å². The van der Waals surface area contributed by atoms with E-state index in [0.29, 0.717) is 5.02 Å². The molecule has 0 fully saturated rings. The third-order valence-corrected chi connectivity index (χ3v) is 3.43. The van der Waals surface area contributed by atoms with E-state index in [0.717, 1.165) is 23.4 Å². The van der Waals surface area contributed by atoms with Crippen LogP contribution in [-0.4, -0.2) is 12.2 Å². The molecule has 0 aromatic heterocycles. The molecule has 2 aromatic rings. The van der Waals surface area contributed by atoms with Crippen molar-refractivity contribution in [1.29, 1.82) is 0 Å². The molecule has 0 aliphatic heterocycles. The molecular formula is C16H18ClNO2. The van der Waals surface area contributed by atoms with Crippen LogP contribution in [-0.2, 0) is 0 Å². The number of rotatable bonds is 5. The van der Waals surface area contributed by atoms with Crippen molar-refractivity contribution in [3.05, 3.63) is 53.1 Å². The van der Waals surface area contributed by atoms with Gasteiger partial charge in [0.1, 0.15) is 11.5 Å². The summed E-state index contributed by atoms with van der Waals surface area (Å²) in [6.45, 7) is 2.10. The molecule has 0 amide bonds. The highest BCUT2D eigenvalue weighted by Crippen LogP contribution is 2.32. The number of hydrogen-bond acceptors (Lipinski definition) is 3. The molecule has 1 unspecified atom stereocenters. The van der Waals surface area contributed by atoms with Crippen LogP contribution in [0, 0.1) is 0 Å². The Bertz CT molecular complexity index is 569. The zero-order valence-electron chi connectivity index (χ0n) is 11.6. The van der Waals surface area contributed by atoms with Gasteiger partial charge in [0.05, 0.1) is 18.8 Å². The van der Waals surface area contributed by atoms with Gasteiger partial charge in [0.25, 0.3) is 0 Å². The lowest BCUT2D eigenvalue weighted by Gasteiger charge is -2.20. The van der Waals surface area contributed by atoms with Gasteiger partial charge in [-0.25, -0.2) is 0 Å². The molecule has 1 atom stereocenters. The summed E-state index contributed by atoms with van der Waals surface area (Å²) in [7, 11) is 1.63. The quantitative estimate of drug-likeness (QED) is 0.845. The Morgan fingerprint density at radius 2 is 1.90 bits per heavy atom. The zero-order chi connectivity index (χ0) is 14.5. The molecule has 2 aromatic carbocycles. The molecule has 0 spiro atoms. The van der Waals surface area contributed by atoms with E-state index in [4.69, 9.17) is 16.3 Å². The van der Waals surface area contributed by atoms with Gasteiger partial charge >= 0.3 is 0 Å². The number of phenolic OH excluding ortho intramolecular Hbond substituents is 1. The Kier molecular flexibility index (Phi) is 4.74. The van der Waals surface area contributed by atoms with Crippen LogP contribution in [0.5, 0.6) is 11.5 Å². The molecule has 0 aliphatic rings. The molecule has 0 saturated heterocycles. The molecule has 2 rings (SSSR count). The van der Waals surface area contributed by atoms with E-state index in [1.165, 1.54) is 0 Å². The normalized spacial score (nSPS) is 11.9. The highest BCUT2D eigenvalue weighted by molar-refractivity contribution is 6.30. The van der Waals surface area contributed by atoms with Gasteiger partial charge in [0, 0.05) is 5.02 Å². The van der Waals surface area contributed by atoms with Crippen LogP contribution in [0.4, 0.5) is 5.69 Å². The second-order valence-corrected chi connectivity index (χ2v) is 4.98. The van der Waals surface area contributed by atoms with Crippen LogP contribution >= 0.6 is 11.6 Å². The molecule has 3 nitrogen and oxygen atoms in total. The number of methoxy groups -OCH3 is 1. The maximum Gasteiger partial charge on any atom is 0.142 e. The maximum atomic E-state index is 9.36. The van der Waals surface area contributed by atoms with Gasteiger partial charge in [-0.2, -0.15) is 0 Å². The topological polar surface area (TPSA) is 41.5 Å². The third-order valence-electron chi connectivity index (χ3n) is 3.19. The van der Waals surface area contributed by atoms with Crippen LogP contribution in [0.3, 0.4) is 0 Å². The van der Waals surface area contributed by atoms with Crippen LogP contribution in [0.25, 0.3) is 0 Å². The number of hydrogen-bond donors (Lipinski definition) is 2. The van der Waals surface area contributed by atoms with E-state index < -0.39 is 0 Å². The first-order valence-electron chi connectivity index (χ1n) is 6.53. The van der Waals surface area contributed by atoms with Gasteiger partial charge < -0.3 is 15.2 Å². The minimum absolute atomic E-state index is 0.128. The van der Waals surface area contributed by atoms with E-state index in [-0.39, 0.29) is 11.8 Å². The predicted molar refractivity (Wildman–Crippen MR) is 82.8 cm³/mol. The number of nitrogens with one attached hydrogen (secondary N) is 1. The Balaban J connectivity index is 2.26. The van der Waals surface area contributed by atoms with Crippen molar-refractivity contribution in [2.45, 2.75) is 19.4 Å². The SMILES string of the molecule is CCC(Nc1cc(Cl)ccc1OC)c1ccc(O)cc1. The molecule has 0 aliphatic carbocycles. The smallest absolute Gasteiger partial charge is 0.142 e. The molecule has 20 heavy (non-hydrogen) atoms. The molecular weight excluding hydrogens is 274 g/mol. The Hall–Kier alpha value is -1.87. The second-order valence-electron chi connectivity index (χ2n) is 4.54. The maximum absolute atomic E-state index is 9.36. The average molecular weight is 292 g/mol. The van der Waals surface area contributed by atoms with Crippen LogP contribution in [0.15, 0.2) is 42.5 Å². The highest BCUT2D eigenvalue weighted by Gasteiger charge is 2.12. The molecule has 2 N–H and O–H groups in total.